The average molecular weight is 278 g/mol. The number of aromatic nitrogens is 1. The number of nitrogens with zero attached hydrogens (tertiary/aromatic N) is 1. The zero-order chi connectivity index (χ0) is 13.7. The van der Waals surface area contributed by atoms with Gasteiger partial charge in [0.05, 0.1) is 18.7 Å². The fourth-order valence-electron chi connectivity index (χ4n) is 1.53. The predicted octanol–water partition coefficient (Wildman–Crippen LogP) is 0.779. The van der Waals surface area contributed by atoms with E-state index in [1.165, 1.54) is 11.3 Å². The number of benzene rings is 1. The van der Waals surface area contributed by atoms with Crippen molar-refractivity contribution in [3.63, 3.8) is 0 Å². The van der Waals surface area contributed by atoms with Crippen LogP contribution in [0.15, 0.2) is 35.7 Å². The summed E-state index contributed by atoms with van der Waals surface area (Å²) >= 11 is 1.48. The number of hydrogen-bond acceptors (Lipinski definition) is 5. The number of aliphatic hydroxyl groups is 2. The van der Waals surface area contributed by atoms with Crippen LogP contribution in [0.2, 0.25) is 0 Å². The molecule has 0 fully saturated rings. The second kappa shape index (κ2) is 6.42. The minimum absolute atomic E-state index is 0.135. The smallest absolute Gasteiger partial charge is 0.226 e. The zero-order valence-electron chi connectivity index (χ0n) is 10.1. The molecule has 1 heterocycles. The van der Waals surface area contributed by atoms with Crippen LogP contribution < -0.4 is 5.32 Å². The normalized spacial score (nSPS) is 10.7. The fraction of sp³-hybridized carbons (Fsp3) is 0.231. The van der Waals surface area contributed by atoms with Crippen LogP contribution in [0.4, 0.5) is 0 Å². The van der Waals surface area contributed by atoms with Crippen LogP contribution in [-0.4, -0.2) is 33.9 Å². The molecule has 1 amide bonds. The van der Waals surface area contributed by atoms with Gasteiger partial charge in [0.25, 0.3) is 0 Å². The zero-order valence-corrected chi connectivity index (χ0v) is 10.9. The highest BCUT2D eigenvalue weighted by Crippen LogP contribution is 2.23. The van der Waals surface area contributed by atoms with Gasteiger partial charge in [-0.3, -0.25) is 4.79 Å². The van der Waals surface area contributed by atoms with E-state index in [-0.39, 0.29) is 18.9 Å². The van der Waals surface area contributed by atoms with E-state index in [1.807, 2.05) is 35.7 Å². The van der Waals surface area contributed by atoms with E-state index in [2.05, 4.69) is 10.3 Å². The summed E-state index contributed by atoms with van der Waals surface area (Å²) < 4.78 is 0. The lowest BCUT2D eigenvalue weighted by Crippen LogP contribution is -2.32. The van der Waals surface area contributed by atoms with Crippen molar-refractivity contribution in [1.82, 2.24) is 10.3 Å². The first-order chi connectivity index (χ1) is 9.15. The van der Waals surface area contributed by atoms with Crippen molar-refractivity contribution in [3.8, 4) is 10.6 Å². The molecular weight excluding hydrogens is 264 g/mol. The van der Waals surface area contributed by atoms with Crippen molar-refractivity contribution in [2.45, 2.75) is 12.7 Å². The summed E-state index contributed by atoms with van der Waals surface area (Å²) in [4.78, 5) is 15.9. The third-order valence-electron chi connectivity index (χ3n) is 2.40. The van der Waals surface area contributed by atoms with E-state index in [4.69, 9.17) is 10.2 Å². The second-order valence-electron chi connectivity index (χ2n) is 3.97. The van der Waals surface area contributed by atoms with Crippen LogP contribution in [-0.2, 0) is 11.2 Å². The molecule has 1 aromatic heterocycles. The largest absolute Gasteiger partial charge is 0.367 e. The first kappa shape index (κ1) is 13.7. The van der Waals surface area contributed by atoms with Gasteiger partial charge in [-0.2, -0.15) is 0 Å². The Morgan fingerprint density at radius 3 is 2.74 bits per heavy atom. The molecular formula is C13H14N2O3S. The molecule has 5 nitrogen and oxygen atoms in total. The lowest BCUT2D eigenvalue weighted by atomic mass is 10.2. The van der Waals surface area contributed by atoms with Crippen LogP contribution in [0.5, 0.6) is 0 Å². The van der Waals surface area contributed by atoms with Crippen molar-refractivity contribution in [2.75, 3.05) is 6.54 Å². The summed E-state index contributed by atoms with van der Waals surface area (Å²) in [5.41, 5.74) is 1.69. The summed E-state index contributed by atoms with van der Waals surface area (Å²) in [6, 6.07) is 9.73. The molecule has 0 atom stereocenters. The molecule has 1 aromatic carbocycles. The van der Waals surface area contributed by atoms with Gasteiger partial charge in [-0.1, -0.05) is 30.3 Å². The third-order valence-corrected chi connectivity index (χ3v) is 3.34. The topological polar surface area (TPSA) is 82.5 Å². The van der Waals surface area contributed by atoms with Gasteiger partial charge in [0.2, 0.25) is 5.91 Å². The van der Waals surface area contributed by atoms with Gasteiger partial charge >= 0.3 is 0 Å². The number of hydrogen-bond donors (Lipinski definition) is 3. The summed E-state index contributed by atoms with van der Waals surface area (Å²) in [5.74, 6) is -0.280. The molecule has 2 rings (SSSR count). The highest BCUT2D eigenvalue weighted by Gasteiger charge is 2.09. The first-order valence-electron chi connectivity index (χ1n) is 5.78. The van der Waals surface area contributed by atoms with Gasteiger partial charge in [-0.25, -0.2) is 4.98 Å². The number of rotatable bonds is 5. The number of amides is 1. The van der Waals surface area contributed by atoms with E-state index >= 15 is 0 Å². The Kier molecular flexibility index (Phi) is 4.62. The van der Waals surface area contributed by atoms with Gasteiger partial charge in [0.15, 0.2) is 6.29 Å². The standard InChI is InChI=1S/C13H14N2O3S/c16-11(14-7-12(17)18)6-10-8-19-13(15-10)9-4-2-1-3-5-9/h1-5,8,12,17-18H,6-7H2,(H,14,16). The Morgan fingerprint density at radius 1 is 1.32 bits per heavy atom. The van der Waals surface area contributed by atoms with Crippen molar-refractivity contribution in [2.24, 2.45) is 0 Å². The monoisotopic (exact) mass is 278 g/mol. The minimum Gasteiger partial charge on any atom is -0.367 e. The Hall–Kier alpha value is -1.76. The summed E-state index contributed by atoms with van der Waals surface area (Å²) in [5, 5.41) is 22.4. The van der Waals surface area contributed by atoms with Gasteiger partial charge in [0, 0.05) is 10.9 Å². The van der Waals surface area contributed by atoms with Crippen LogP contribution in [0.25, 0.3) is 10.6 Å². The first-order valence-corrected chi connectivity index (χ1v) is 6.66. The number of thiazole rings is 1. The maximum atomic E-state index is 11.5. The quantitative estimate of drug-likeness (QED) is 0.706. The average Bonchev–Trinajstić information content (AvgIpc) is 2.86. The Labute approximate surface area is 114 Å². The molecule has 2 aromatic rings. The second-order valence-corrected chi connectivity index (χ2v) is 4.83. The van der Waals surface area contributed by atoms with Crippen molar-refractivity contribution in [1.29, 1.82) is 0 Å². The van der Waals surface area contributed by atoms with Gasteiger partial charge in [-0.05, 0) is 0 Å². The van der Waals surface area contributed by atoms with E-state index in [1.54, 1.807) is 0 Å². The minimum atomic E-state index is -1.53. The predicted molar refractivity (Wildman–Crippen MR) is 72.5 cm³/mol. The molecule has 100 valence electrons. The number of carbonyl (C=O) groups is 1. The molecule has 0 saturated carbocycles. The van der Waals surface area contributed by atoms with E-state index < -0.39 is 6.29 Å². The maximum absolute atomic E-state index is 11.5. The van der Waals surface area contributed by atoms with Crippen LogP contribution >= 0.6 is 11.3 Å². The van der Waals surface area contributed by atoms with Crippen LogP contribution in [0.1, 0.15) is 5.69 Å². The molecule has 3 N–H and O–H groups in total. The molecule has 0 spiro atoms. The number of nitrogens with one attached hydrogen (secondary N) is 1. The Morgan fingerprint density at radius 2 is 2.05 bits per heavy atom. The molecule has 0 radical (unpaired) electrons. The summed E-state index contributed by atoms with van der Waals surface area (Å²) in [7, 11) is 0. The highest BCUT2D eigenvalue weighted by atomic mass is 32.1. The van der Waals surface area contributed by atoms with E-state index in [0.717, 1.165) is 10.6 Å². The molecule has 0 aliphatic carbocycles. The van der Waals surface area contributed by atoms with Crippen molar-refractivity contribution >= 4 is 17.2 Å². The Balaban J connectivity index is 1.96. The Bertz CT molecular complexity index is 540. The number of aliphatic hydroxyl groups excluding tert-OH is 1. The van der Waals surface area contributed by atoms with Crippen molar-refractivity contribution < 1.29 is 15.0 Å². The third kappa shape index (κ3) is 4.13. The van der Waals surface area contributed by atoms with Gasteiger partial charge in [0.1, 0.15) is 5.01 Å². The number of carbonyl (C=O) groups excluding carboxylic acids is 1. The molecule has 0 bridgehead atoms. The van der Waals surface area contributed by atoms with E-state index in [9.17, 15) is 4.79 Å². The van der Waals surface area contributed by atoms with Crippen LogP contribution in [0.3, 0.4) is 0 Å². The summed E-state index contributed by atoms with van der Waals surface area (Å²) in [6.45, 7) is -0.172. The lowest BCUT2D eigenvalue weighted by molar-refractivity contribution is -0.122. The maximum Gasteiger partial charge on any atom is 0.226 e. The summed E-state index contributed by atoms with van der Waals surface area (Å²) in [6.07, 6.45) is -1.39. The fourth-order valence-corrected chi connectivity index (χ4v) is 2.36. The molecule has 6 heteroatoms. The van der Waals surface area contributed by atoms with Crippen molar-refractivity contribution in [3.05, 3.63) is 41.4 Å². The van der Waals surface area contributed by atoms with Crippen LogP contribution in [0, 0.1) is 0 Å². The molecule has 0 aliphatic rings. The van der Waals surface area contributed by atoms with E-state index in [0.29, 0.717) is 5.69 Å². The molecule has 0 aliphatic heterocycles. The molecule has 19 heavy (non-hydrogen) atoms. The molecule has 0 saturated heterocycles. The highest BCUT2D eigenvalue weighted by molar-refractivity contribution is 7.13. The molecule has 0 unspecified atom stereocenters. The van der Waals surface area contributed by atoms with Gasteiger partial charge in [-0.15, -0.1) is 11.3 Å². The SMILES string of the molecule is O=C(Cc1csc(-c2ccccc2)n1)NCC(O)O. The lowest BCUT2D eigenvalue weighted by Gasteiger charge is -2.04. The van der Waals surface area contributed by atoms with Gasteiger partial charge < -0.3 is 15.5 Å².